The van der Waals surface area contributed by atoms with E-state index in [9.17, 15) is 9.90 Å². The summed E-state index contributed by atoms with van der Waals surface area (Å²) in [7, 11) is 0. The predicted molar refractivity (Wildman–Crippen MR) is 104 cm³/mol. The number of aryl methyl sites for hydroxylation is 1. The molecule has 4 nitrogen and oxygen atoms in total. The molecule has 0 amide bonds. The zero-order valence-electron chi connectivity index (χ0n) is 15.9. The van der Waals surface area contributed by atoms with Crippen molar-refractivity contribution in [1.82, 2.24) is 0 Å². The Hall–Kier alpha value is -2.75. The second-order valence-corrected chi connectivity index (χ2v) is 6.73. The van der Waals surface area contributed by atoms with Gasteiger partial charge in [-0.3, -0.25) is 4.79 Å². The fourth-order valence-electron chi connectivity index (χ4n) is 2.45. The number of phenols is 1. The Morgan fingerprint density at radius 3 is 2.12 bits per heavy atom. The lowest BCUT2D eigenvalue weighted by atomic mass is 10.1. The van der Waals surface area contributed by atoms with Crippen molar-refractivity contribution in [2.24, 2.45) is 0 Å². The summed E-state index contributed by atoms with van der Waals surface area (Å²) in [5, 5.41) is 9.33. The molecule has 0 heterocycles. The van der Waals surface area contributed by atoms with Crippen LogP contribution >= 0.6 is 0 Å². The van der Waals surface area contributed by atoms with Crippen molar-refractivity contribution >= 4 is 11.9 Å². The minimum atomic E-state index is -0.138. The highest BCUT2D eigenvalue weighted by Gasteiger charge is 2.11. The van der Waals surface area contributed by atoms with Gasteiger partial charge in [-0.15, -0.1) is 0 Å². The maximum Gasteiger partial charge on any atom is 0.185 e. The van der Waals surface area contributed by atoms with Crippen molar-refractivity contribution in [3.05, 3.63) is 59.2 Å². The second kappa shape index (κ2) is 8.56. The van der Waals surface area contributed by atoms with Crippen molar-refractivity contribution < 1.29 is 19.4 Å². The lowest BCUT2D eigenvalue weighted by Crippen LogP contribution is -2.10. The average Bonchev–Trinajstić information content (AvgIpc) is 2.55. The number of aromatic hydroxyl groups is 1. The van der Waals surface area contributed by atoms with Gasteiger partial charge in [-0.2, -0.15) is 0 Å². The number of benzene rings is 2. The molecule has 138 valence electrons. The van der Waals surface area contributed by atoms with Crippen LogP contribution in [0.25, 0.3) is 6.08 Å². The standard InChI is InChI=1S/C22H26O4/c1-14(2)25-21-13-22(26-15(3)4)18(12-16(21)5)8-11-20(24)17-6-9-19(23)10-7-17/h6-15,23H,1-5H3/b11-8+. The van der Waals surface area contributed by atoms with Gasteiger partial charge in [0.1, 0.15) is 17.2 Å². The molecule has 0 saturated carbocycles. The molecule has 2 aromatic carbocycles. The Morgan fingerprint density at radius 1 is 0.962 bits per heavy atom. The van der Waals surface area contributed by atoms with Gasteiger partial charge in [-0.25, -0.2) is 0 Å². The third-order valence-corrected chi connectivity index (χ3v) is 3.60. The SMILES string of the molecule is Cc1cc(/C=C/C(=O)c2ccc(O)cc2)c(OC(C)C)cc1OC(C)C. The summed E-state index contributed by atoms with van der Waals surface area (Å²) in [6, 6.07) is 10.0. The van der Waals surface area contributed by atoms with Crippen LogP contribution in [0.15, 0.2) is 42.5 Å². The van der Waals surface area contributed by atoms with E-state index < -0.39 is 0 Å². The molecular formula is C22H26O4. The molecule has 0 aliphatic heterocycles. The first-order valence-corrected chi connectivity index (χ1v) is 8.75. The number of ether oxygens (including phenoxy) is 2. The predicted octanol–water partition coefficient (Wildman–Crippen LogP) is 5.17. The fraction of sp³-hybridized carbons (Fsp3) is 0.318. The van der Waals surface area contributed by atoms with Crippen LogP contribution in [0, 0.1) is 6.92 Å². The molecule has 0 saturated heterocycles. The molecule has 0 spiro atoms. The topological polar surface area (TPSA) is 55.8 Å². The molecule has 26 heavy (non-hydrogen) atoms. The van der Waals surface area contributed by atoms with Crippen molar-refractivity contribution in [3.63, 3.8) is 0 Å². The molecule has 1 N–H and O–H groups in total. The molecule has 0 fully saturated rings. The van der Waals surface area contributed by atoms with Gasteiger partial charge in [0.2, 0.25) is 0 Å². The number of phenolic OH excluding ortho intramolecular Hbond substituents is 1. The molecule has 0 atom stereocenters. The Morgan fingerprint density at radius 2 is 1.54 bits per heavy atom. The fourth-order valence-corrected chi connectivity index (χ4v) is 2.45. The molecule has 4 heteroatoms. The summed E-state index contributed by atoms with van der Waals surface area (Å²) < 4.78 is 11.7. The number of allylic oxidation sites excluding steroid dienone is 1. The smallest absolute Gasteiger partial charge is 0.185 e. The van der Waals surface area contributed by atoms with E-state index in [2.05, 4.69) is 0 Å². The number of carbonyl (C=O) groups is 1. The van der Waals surface area contributed by atoms with Crippen LogP contribution in [-0.2, 0) is 0 Å². The molecule has 0 aromatic heterocycles. The van der Waals surface area contributed by atoms with E-state index in [0.29, 0.717) is 11.3 Å². The van der Waals surface area contributed by atoms with Gasteiger partial charge < -0.3 is 14.6 Å². The van der Waals surface area contributed by atoms with Crippen LogP contribution in [0.3, 0.4) is 0 Å². The van der Waals surface area contributed by atoms with Gasteiger partial charge >= 0.3 is 0 Å². The van der Waals surface area contributed by atoms with Gasteiger partial charge in [-0.1, -0.05) is 0 Å². The summed E-state index contributed by atoms with van der Waals surface area (Å²) in [5.41, 5.74) is 2.31. The molecule has 0 unspecified atom stereocenters. The number of rotatable bonds is 7. The highest BCUT2D eigenvalue weighted by atomic mass is 16.5. The van der Waals surface area contributed by atoms with Gasteiger partial charge in [0, 0.05) is 17.2 Å². The summed E-state index contributed by atoms with van der Waals surface area (Å²) in [6.45, 7) is 9.84. The summed E-state index contributed by atoms with van der Waals surface area (Å²) in [4.78, 5) is 12.3. The Kier molecular flexibility index (Phi) is 6.45. The van der Waals surface area contributed by atoms with E-state index in [-0.39, 0.29) is 23.7 Å². The first-order valence-electron chi connectivity index (χ1n) is 8.75. The Bertz CT molecular complexity index is 787. The normalized spacial score (nSPS) is 11.3. The van der Waals surface area contributed by atoms with E-state index >= 15 is 0 Å². The molecular weight excluding hydrogens is 328 g/mol. The van der Waals surface area contributed by atoms with Crippen molar-refractivity contribution in [3.8, 4) is 17.2 Å². The highest BCUT2D eigenvalue weighted by Crippen LogP contribution is 2.31. The van der Waals surface area contributed by atoms with E-state index in [0.717, 1.165) is 16.9 Å². The summed E-state index contributed by atoms with van der Waals surface area (Å²) in [5.74, 6) is 1.45. The third kappa shape index (κ3) is 5.38. The van der Waals surface area contributed by atoms with Crippen molar-refractivity contribution in [1.29, 1.82) is 0 Å². The second-order valence-electron chi connectivity index (χ2n) is 6.73. The van der Waals surface area contributed by atoms with E-state index in [4.69, 9.17) is 9.47 Å². The highest BCUT2D eigenvalue weighted by molar-refractivity contribution is 6.07. The Balaban J connectivity index is 2.32. The largest absolute Gasteiger partial charge is 0.508 e. The zero-order valence-corrected chi connectivity index (χ0v) is 15.9. The van der Waals surface area contributed by atoms with Gasteiger partial charge in [0.25, 0.3) is 0 Å². The first kappa shape index (κ1) is 19.6. The first-order chi connectivity index (χ1) is 12.3. The minimum absolute atomic E-state index is 0.00422. The van der Waals surface area contributed by atoms with E-state index in [1.165, 1.54) is 18.2 Å². The number of ketones is 1. The van der Waals surface area contributed by atoms with Crippen LogP contribution in [0.5, 0.6) is 17.2 Å². The van der Waals surface area contributed by atoms with Crippen LogP contribution in [0.4, 0.5) is 0 Å². The Labute approximate surface area is 155 Å². The van der Waals surface area contributed by atoms with E-state index in [1.54, 1.807) is 18.2 Å². The van der Waals surface area contributed by atoms with Gasteiger partial charge in [0.15, 0.2) is 5.78 Å². The molecule has 0 radical (unpaired) electrons. The van der Waals surface area contributed by atoms with Gasteiger partial charge in [0.05, 0.1) is 12.2 Å². The quantitative estimate of drug-likeness (QED) is 0.550. The lowest BCUT2D eigenvalue weighted by Gasteiger charge is -2.18. The lowest BCUT2D eigenvalue weighted by molar-refractivity contribution is 0.104. The van der Waals surface area contributed by atoms with Crippen molar-refractivity contribution in [2.45, 2.75) is 46.8 Å². The molecule has 0 bridgehead atoms. The number of hydrogen-bond acceptors (Lipinski definition) is 4. The maximum atomic E-state index is 12.3. The van der Waals surface area contributed by atoms with Crippen LogP contribution in [0.1, 0.15) is 49.2 Å². The van der Waals surface area contributed by atoms with Gasteiger partial charge in [-0.05, 0) is 82.7 Å². The molecule has 2 aromatic rings. The van der Waals surface area contributed by atoms with E-state index in [1.807, 2.05) is 46.8 Å². The number of hydrogen-bond donors (Lipinski definition) is 1. The monoisotopic (exact) mass is 354 g/mol. The molecule has 0 aliphatic rings. The molecule has 2 rings (SSSR count). The van der Waals surface area contributed by atoms with Crippen LogP contribution < -0.4 is 9.47 Å². The molecule has 0 aliphatic carbocycles. The minimum Gasteiger partial charge on any atom is -0.508 e. The van der Waals surface area contributed by atoms with Crippen LogP contribution in [-0.4, -0.2) is 23.1 Å². The van der Waals surface area contributed by atoms with Crippen LogP contribution in [0.2, 0.25) is 0 Å². The maximum absolute atomic E-state index is 12.3. The zero-order chi connectivity index (χ0) is 19.3. The third-order valence-electron chi connectivity index (χ3n) is 3.60. The summed E-state index contributed by atoms with van der Waals surface area (Å²) in [6.07, 6.45) is 3.33. The number of carbonyl (C=O) groups excluding carboxylic acids is 1. The van der Waals surface area contributed by atoms with Crippen molar-refractivity contribution in [2.75, 3.05) is 0 Å². The summed E-state index contributed by atoms with van der Waals surface area (Å²) >= 11 is 0. The average molecular weight is 354 g/mol.